The molecular formula is C15H15ClN6O2. The lowest BCUT2D eigenvalue weighted by Gasteiger charge is -2.03. The highest BCUT2D eigenvalue weighted by Gasteiger charge is 2.16. The predicted molar refractivity (Wildman–Crippen MR) is 93.9 cm³/mol. The summed E-state index contributed by atoms with van der Waals surface area (Å²) in [5, 5.41) is 4.75. The average molecular weight is 347 g/mol. The highest BCUT2D eigenvalue weighted by atomic mass is 35.5. The van der Waals surface area contributed by atoms with Gasteiger partial charge in [-0.05, 0) is 17.7 Å². The summed E-state index contributed by atoms with van der Waals surface area (Å²) in [6, 6.07) is 7.17. The van der Waals surface area contributed by atoms with Crippen molar-refractivity contribution in [2.75, 3.05) is 5.43 Å². The molecule has 9 heteroatoms. The molecule has 24 heavy (non-hydrogen) atoms. The summed E-state index contributed by atoms with van der Waals surface area (Å²) < 4.78 is 3.94. The van der Waals surface area contributed by atoms with E-state index in [1.165, 1.54) is 11.6 Å². The van der Waals surface area contributed by atoms with Crippen molar-refractivity contribution in [1.82, 2.24) is 18.7 Å². The number of imidazole rings is 1. The molecule has 0 atom stereocenters. The van der Waals surface area contributed by atoms with Gasteiger partial charge in [-0.15, -0.1) is 0 Å². The molecule has 0 aliphatic heterocycles. The third kappa shape index (κ3) is 2.61. The molecule has 3 aromatic rings. The van der Waals surface area contributed by atoms with Crippen LogP contribution in [-0.2, 0) is 21.1 Å². The fourth-order valence-electron chi connectivity index (χ4n) is 2.33. The summed E-state index contributed by atoms with van der Waals surface area (Å²) in [7, 11) is 4.68. The summed E-state index contributed by atoms with van der Waals surface area (Å²) >= 11 is 5.83. The number of hydrazone groups is 1. The van der Waals surface area contributed by atoms with Crippen LogP contribution in [0.4, 0.5) is 5.95 Å². The third-order valence-electron chi connectivity index (χ3n) is 3.72. The minimum atomic E-state index is -0.429. The zero-order valence-corrected chi connectivity index (χ0v) is 14.1. The van der Waals surface area contributed by atoms with Crippen molar-refractivity contribution in [3.8, 4) is 0 Å². The molecule has 0 bridgehead atoms. The molecule has 3 rings (SSSR count). The van der Waals surface area contributed by atoms with Gasteiger partial charge in [-0.25, -0.2) is 10.2 Å². The Hall–Kier alpha value is -2.87. The van der Waals surface area contributed by atoms with Gasteiger partial charge in [0.25, 0.3) is 5.56 Å². The molecule has 0 fully saturated rings. The quantitative estimate of drug-likeness (QED) is 0.567. The Morgan fingerprint density at radius 1 is 1.08 bits per heavy atom. The normalized spacial score (nSPS) is 11.5. The number of aryl methyl sites for hydroxylation is 2. The van der Waals surface area contributed by atoms with Gasteiger partial charge in [-0.3, -0.25) is 13.9 Å². The molecule has 0 amide bonds. The Bertz CT molecular complexity index is 1060. The lowest BCUT2D eigenvalue weighted by Crippen LogP contribution is -2.37. The van der Waals surface area contributed by atoms with Crippen LogP contribution in [0.2, 0.25) is 5.02 Å². The third-order valence-corrected chi connectivity index (χ3v) is 3.98. The van der Waals surface area contributed by atoms with E-state index in [9.17, 15) is 9.59 Å². The maximum absolute atomic E-state index is 12.3. The van der Waals surface area contributed by atoms with Gasteiger partial charge >= 0.3 is 5.69 Å². The van der Waals surface area contributed by atoms with E-state index in [1.807, 2.05) is 12.1 Å². The minimum Gasteiger partial charge on any atom is -0.306 e. The zero-order valence-electron chi connectivity index (χ0n) is 13.3. The fourth-order valence-corrected chi connectivity index (χ4v) is 2.46. The number of rotatable bonds is 3. The van der Waals surface area contributed by atoms with Crippen molar-refractivity contribution in [2.24, 2.45) is 26.2 Å². The average Bonchev–Trinajstić information content (AvgIpc) is 2.90. The predicted octanol–water partition coefficient (Wildman–Crippen LogP) is 1.07. The number of nitrogens with zero attached hydrogens (tertiary/aromatic N) is 5. The first kappa shape index (κ1) is 16.0. The van der Waals surface area contributed by atoms with Crippen molar-refractivity contribution < 1.29 is 0 Å². The van der Waals surface area contributed by atoms with Crippen LogP contribution in [0.25, 0.3) is 11.2 Å². The van der Waals surface area contributed by atoms with Crippen LogP contribution >= 0.6 is 11.6 Å². The molecule has 0 unspecified atom stereocenters. The van der Waals surface area contributed by atoms with Gasteiger partial charge in [0.1, 0.15) is 0 Å². The Balaban J connectivity index is 1.99. The highest BCUT2D eigenvalue weighted by Crippen LogP contribution is 2.13. The number of hydrogen-bond donors (Lipinski definition) is 1. The Morgan fingerprint density at radius 3 is 2.42 bits per heavy atom. The topological polar surface area (TPSA) is 86.2 Å². The van der Waals surface area contributed by atoms with Gasteiger partial charge in [0, 0.05) is 26.2 Å². The van der Waals surface area contributed by atoms with Crippen LogP contribution in [0, 0.1) is 0 Å². The van der Waals surface area contributed by atoms with Crippen molar-refractivity contribution in [1.29, 1.82) is 0 Å². The first-order valence-corrected chi connectivity index (χ1v) is 7.45. The molecule has 2 heterocycles. The Labute approximate surface area is 141 Å². The maximum Gasteiger partial charge on any atom is 0.332 e. The van der Waals surface area contributed by atoms with Crippen LogP contribution in [0.5, 0.6) is 0 Å². The van der Waals surface area contributed by atoms with E-state index in [1.54, 1.807) is 37.0 Å². The van der Waals surface area contributed by atoms with Gasteiger partial charge in [0.15, 0.2) is 11.2 Å². The van der Waals surface area contributed by atoms with E-state index < -0.39 is 11.2 Å². The molecule has 0 saturated heterocycles. The number of aromatic nitrogens is 4. The van der Waals surface area contributed by atoms with Crippen LogP contribution in [0.1, 0.15) is 5.56 Å². The number of fused-ring (bicyclic) bond motifs is 1. The molecular weight excluding hydrogens is 332 g/mol. The summed E-state index contributed by atoms with van der Waals surface area (Å²) in [5.74, 6) is 0.355. The van der Waals surface area contributed by atoms with E-state index in [-0.39, 0.29) is 0 Å². The van der Waals surface area contributed by atoms with E-state index >= 15 is 0 Å². The van der Waals surface area contributed by atoms with Gasteiger partial charge in [-0.1, -0.05) is 23.7 Å². The molecule has 8 nitrogen and oxygen atoms in total. The van der Waals surface area contributed by atoms with Crippen molar-refractivity contribution in [3.05, 3.63) is 55.7 Å². The Kier molecular flexibility index (Phi) is 3.98. The molecule has 0 aliphatic carbocycles. The second-order valence-corrected chi connectivity index (χ2v) is 5.73. The van der Waals surface area contributed by atoms with E-state index in [4.69, 9.17) is 11.6 Å². The second-order valence-electron chi connectivity index (χ2n) is 5.29. The standard InChI is InChI=1S/C15H15ClN6O2/c1-20-11-12(21(2)15(24)22(3)13(11)23)18-14(20)19-17-8-9-4-6-10(16)7-5-9/h4-8H,1-3H3,(H,18,19). The van der Waals surface area contributed by atoms with Gasteiger partial charge < -0.3 is 4.57 Å². The monoisotopic (exact) mass is 346 g/mol. The van der Waals surface area contributed by atoms with Gasteiger partial charge in [0.05, 0.1) is 6.21 Å². The first-order valence-electron chi connectivity index (χ1n) is 7.07. The summed E-state index contributed by atoms with van der Waals surface area (Å²) in [6.45, 7) is 0. The smallest absolute Gasteiger partial charge is 0.306 e. The lowest BCUT2D eigenvalue weighted by atomic mass is 10.2. The SMILES string of the molecule is Cn1c(=O)c2c(nc(NN=Cc3ccc(Cl)cc3)n2C)n(C)c1=O. The molecule has 0 spiro atoms. The fraction of sp³-hybridized carbons (Fsp3) is 0.200. The Morgan fingerprint density at radius 2 is 1.75 bits per heavy atom. The first-order chi connectivity index (χ1) is 11.4. The van der Waals surface area contributed by atoms with Crippen molar-refractivity contribution in [3.63, 3.8) is 0 Å². The molecule has 0 saturated carbocycles. The number of halogens is 1. The molecule has 124 valence electrons. The van der Waals surface area contributed by atoms with Gasteiger partial charge in [-0.2, -0.15) is 10.1 Å². The molecule has 1 aromatic carbocycles. The van der Waals surface area contributed by atoms with E-state index in [0.717, 1.165) is 10.1 Å². The van der Waals surface area contributed by atoms with Crippen molar-refractivity contribution in [2.45, 2.75) is 0 Å². The largest absolute Gasteiger partial charge is 0.332 e. The number of hydrogen-bond acceptors (Lipinski definition) is 5. The van der Waals surface area contributed by atoms with Gasteiger partial charge in [0.2, 0.25) is 5.95 Å². The molecule has 0 aliphatic rings. The minimum absolute atomic E-state index is 0.301. The van der Waals surface area contributed by atoms with Crippen LogP contribution < -0.4 is 16.7 Å². The number of anilines is 1. The highest BCUT2D eigenvalue weighted by molar-refractivity contribution is 6.30. The molecule has 2 aromatic heterocycles. The molecule has 1 N–H and O–H groups in total. The lowest BCUT2D eigenvalue weighted by molar-refractivity contribution is 0.705. The van der Waals surface area contributed by atoms with Crippen LogP contribution in [-0.4, -0.2) is 24.9 Å². The molecule has 0 radical (unpaired) electrons. The summed E-state index contributed by atoms with van der Waals surface area (Å²) in [6.07, 6.45) is 1.60. The number of benzene rings is 1. The number of nitrogens with one attached hydrogen (secondary N) is 1. The zero-order chi connectivity index (χ0) is 17.4. The van der Waals surface area contributed by atoms with Crippen LogP contribution in [0.15, 0.2) is 39.0 Å². The van der Waals surface area contributed by atoms with Crippen molar-refractivity contribution >= 4 is 34.9 Å². The summed E-state index contributed by atoms with van der Waals surface area (Å²) in [5.41, 5.74) is 3.43. The van der Waals surface area contributed by atoms with Crippen LogP contribution in [0.3, 0.4) is 0 Å². The van der Waals surface area contributed by atoms with E-state index in [2.05, 4.69) is 15.5 Å². The van der Waals surface area contributed by atoms with E-state index in [0.29, 0.717) is 22.1 Å². The maximum atomic E-state index is 12.3. The second kappa shape index (κ2) is 5.97. The summed E-state index contributed by atoms with van der Waals surface area (Å²) in [4.78, 5) is 28.5.